The molecule has 1 aliphatic rings. The molecule has 126 valence electrons. The zero-order valence-electron chi connectivity index (χ0n) is 14.6. The van der Waals surface area contributed by atoms with Gasteiger partial charge in [0.2, 0.25) is 0 Å². The molecule has 1 heterocycles. The Hall–Kier alpha value is -1.75. The number of nitrogens with zero attached hydrogens (tertiary/aromatic N) is 1. The van der Waals surface area contributed by atoms with Crippen molar-refractivity contribution in [3.63, 3.8) is 0 Å². The van der Waals surface area contributed by atoms with Crippen LogP contribution in [0.5, 0.6) is 5.75 Å². The maximum absolute atomic E-state index is 11.9. The van der Waals surface area contributed by atoms with Gasteiger partial charge in [-0.1, -0.05) is 51.0 Å². The van der Waals surface area contributed by atoms with Gasteiger partial charge in [0, 0.05) is 6.20 Å². The van der Waals surface area contributed by atoms with Crippen LogP contribution in [0.1, 0.15) is 26.3 Å². The second-order valence-electron chi connectivity index (χ2n) is 5.92. The molecule has 0 atom stereocenters. The Kier molecular flexibility index (Phi) is 5.88. The van der Waals surface area contributed by atoms with E-state index in [9.17, 15) is 4.79 Å². The van der Waals surface area contributed by atoms with Crippen LogP contribution < -0.4 is 4.74 Å². The van der Waals surface area contributed by atoms with Crippen molar-refractivity contribution in [1.82, 2.24) is 4.90 Å². The average molecular weight is 334 g/mol. The fourth-order valence-electron chi connectivity index (χ4n) is 3.29. The van der Waals surface area contributed by atoms with Gasteiger partial charge in [-0.25, -0.2) is 4.79 Å². The maximum Gasteiger partial charge on any atom is 0.413 e. The molecule has 1 amide bonds. The minimum Gasteiger partial charge on any atom is -0.497 e. The molecule has 2 rings (SSSR count). The van der Waals surface area contributed by atoms with Crippen LogP contribution in [0.2, 0.25) is 18.1 Å². The first-order chi connectivity index (χ1) is 11.1. The molecule has 0 N–H and O–H groups in total. The summed E-state index contributed by atoms with van der Waals surface area (Å²) in [7, 11) is 0.0342. The third kappa shape index (κ3) is 3.60. The van der Waals surface area contributed by atoms with E-state index in [2.05, 4.69) is 39.1 Å². The summed E-state index contributed by atoms with van der Waals surface area (Å²) in [6.07, 6.45) is 1.82. The van der Waals surface area contributed by atoms with Crippen molar-refractivity contribution in [3.05, 3.63) is 36.0 Å². The van der Waals surface area contributed by atoms with E-state index in [1.54, 1.807) is 12.0 Å². The Morgan fingerprint density at radius 3 is 2.26 bits per heavy atom. The van der Waals surface area contributed by atoms with Crippen LogP contribution in [0.25, 0.3) is 5.20 Å². The molecule has 1 aromatic rings. The van der Waals surface area contributed by atoms with E-state index < -0.39 is 8.07 Å². The van der Waals surface area contributed by atoms with Crippen LogP contribution in [0.3, 0.4) is 0 Å². The Bertz CT molecular complexity index is 556. The summed E-state index contributed by atoms with van der Waals surface area (Å²) in [4.78, 5) is 13.6. The molecule has 23 heavy (non-hydrogen) atoms. The molecule has 0 bridgehead atoms. The monoisotopic (exact) mass is 333 g/mol. The third-order valence-corrected chi connectivity index (χ3v) is 10.7. The van der Waals surface area contributed by atoms with E-state index in [0.29, 0.717) is 13.2 Å². The lowest BCUT2D eigenvalue weighted by molar-refractivity contribution is 0.166. The summed E-state index contributed by atoms with van der Waals surface area (Å²) in [5.74, 6) is 0.852. The van der Waals surface area contributed by atoms with Crippen molar-refractivity contribution < 1.29 is 14.3 Å². The predicted octanol–water partition coefficient (Wildman–Crippen LogP) is 4.54. The standard InChI is InChI=1S/C18H27NO3Si/c1-5-23(6-2,7-3)17(14-19-12-13-22-18(19)20)15-8-10-16(21-4)11-9-15/h8-11,14H,5-7,12-13H2,1-4H3/b17-14-. The lowest BCUT2D eigenvalue weighted by Gasteiger charge is -2.32. The first-order valence-electron chi connectivity index (χ1n) is 8.40. The molecule has 1 saturated heterocycles. The first-order valence-corrected chi connectivity index (χ1v) is 11.0. The summed E-state index contributed by atoms with van der Waals surface area (Å²) >= 11 is 0. The van der Waals surface area contributed by atoms with Crippen LogP contribution in [-0.2, 0) is 4.74 Å². The van der Waals surface area contributed by atoms with Crippen LogP contribution >= 0.6 is 0 Å². The summed E-state index contributed by atoms with van der Waals surface area (Å²) in [6.45, 7) is 7.95. The highest BCUT2D eigenvalue weighted by atomic mass is 28.3. The van der Waals surface area contributed by atoms with Gasteiger partial charge in [0.05, 0.1) is 21.7 Å². The number of ether oxygens (including phenoxy) is 2. The van der Waals surface area contributed by atoms with Crippen LogP contribution in [0.4, 0.5) is 4.79 Å². The predicted molar refractivity (Wildman–Crippen MR) is 96.2 cm³/mol. The fraction of sp³-hybridized carbons (Fsp3) is 0.500. The summed E-state index contributed by atoms with van der Waals surface area (Å²) < 4.78 is 10.4. The molecule has 1 aromatic carbocycles. The second-order valence-corrected chi connectivity index (χ2v) is 11.1. The highest BCUT2D eigenvalue weighted by Crippen LogP contribution is 2.36. The Balaban J connectivity index is 2.49. The van der Waals surface area contributed by atoms with Gasteiger partial charge < -0.3 is 9.47 Å². The molecule has 0 spiro atoms. The van der Waals surface area contributed by atoms with Gasteiger partial charge in [0.25, 0.3) is 0 Å². The van der Waals surface area contributed by atoms with Crippen LogP contribution in [0, 0.1) is 0 Å². The summed E-state index contributed by atoms with van der Waals surface area (Å²) in [5.41, 5.74) is 1.20. The Labute approximate surface area is 140 Å². The van der Waals surface area contributed by atoms with Crippen molar-refractivity contribution in [2.75, 3.05) is 20.3 Å². The maximum atomic E-state index is 11.9. The molecule has 5 heteroatoms. The molecule has 1 fully saturated rings. The smallest absolute Gasteiger partial charge is 0.413 e. The number of rotatable bonds is 7. The van der Waals surface area contributed by atoms with E-state index >= 15 is 0 Å². The number of hydrogen-bond acceptors (Lipinski definition) is 3. The van der Waals surface area contributed by atoms with Crippen molar-refractivity contribution in [1.29, 1.82) is 0 Å². The van der Waals surface area contributed by atoms with Crippen molar-refractivity contribution in [2.24, 2.45) is 0 Å². The highest BCUT2D eigenvalue weighted by molar-refractivity contribution is 6.96. The first kappa shape index (κ1) is 17.6. The topological polar surface area (TPSA) is 38.8 Å². The summed E-state index contributed by atoms with van der Waals surface area (Å²) in [6, 6.07) is 11.7. The number of carbonyl (C=O) groups excluding carboxylic acids is 1. The quantitative estimate of drug-likeness (QED) is 0.688. The van der Waals surface area contributed by atoms with Gasteiger partial charge >= 0.3 is 6.09 Å². The average Bonchev–Trinajstić information content (AvgIpc) is 3.01. The lowest BCUT2D eigenvalue weighted by Crippen LogP contribution is -2.35. The van der Waals surface area contributed by atoms with Gasteiger partial charge in [-0.2, -0.15) is 0 Å². The van der Waals surface area contributed by atoms with Crippen molar-refractivity contribution in [2.45, 2.75) is 38.9 Å². The van der Waals surface area contributed by atoms with E-state index in [1.165, 1.54) is 28.9 Å². The molecular weight excluding hydrogens is 306 g/mol. The van der Waals surface area contributed by atoms with E-state index in [1.807, 2.05) is 12.1 Å². The zero-order chi connectivity index (χ0) is 16.9. The summed E-state index contributed by atoms with van der Waals surface area (Å²) in [5, 5.41) is 1.34. The largest absolute Gasteiger partial charge is 0.497 e. The SMILES string of the molecule is CC[Si](CC)(CC)/C(=C\N1CCOC1=O)c1ccc(OC)cc1. The number of cyclic esters (lactones) is 1. The molecular formula is C18H27NO3Si. The molecule has 0 aromatic heterocycles. The molecule has 0 unspecified atom stereocenters. The number of amides is 1. The van der Waals surface area contributed by atoms with Gasteiger partial charge in [0.1, 0.15) is 12.4 Å². The van der Waals surface area contributed by atoms with E-state index in [4.69, 9.17) is 9.47 Å². The Morgan fingerprint density at radius 1 is 1.22 bits per heavy atom. The molecule has 0 aliphatic carbocycles. The lowest BCUT2D eigenvalue weighted by atomic mass is 10.2. The van der Waals surface area contributed by atoms with Gasteiger partial charge in [-0.05, 0) is 22.9 Å². The third-order valence-electron chi connectivity index (χ3n) is 5.08. The van der Waals surface area contributed by atoms with Crippen molar-refractivity contribution >= 4 is 19.4 Å². The number of carbonyl (C=O) groups is 1. The molecule has 0 radical (unpaired) electrons. The van der Waals surface area contributed by atoms with Crippen LogP contribution in [0.15, 0.2) is 30.5 Å². The molecule has 1 aliphatic heterocycles. The minimum atomic E-state index is -1.64. The van der Waals surface area contributed by atoms with Gasteiger partial charge in [-0.15, -0.1) is 0 Å². The van der Waals surface area contributed by atoms with E-state index in [-0.39, 0.29) is 6.09 Å². The number of hydrogen-bond donors (Lipinski definition) is 0. The van der Waals surface area contributed by atoms with Crippen LogP contribution in [-0.4, -0.2) is 39.3 Å². The Morgan fingerprint density at radius 2 is 1.83 bits per heavy atom. The second kappa shape index (κ2) is 7.68. The minimum absolute atomic E-state index is 0.234. The molecule has 0 saturated carbocycles. The van der Waals surface area contributed by atoms with Crippen molar-refractivity contribution in [3.8, 4) is 5.75 Å². The number of benzene rings is 1. The highest BCUT2D eigenvalue weighted by Gasteiger charge is 2.34. The fourth-order valence-corrected chi connectivity index (χ4v) is 7.14. The number of methoxy groups -OCH3 is 1. The van der Waals surface area contributed by atoms with Gasteiger partial charge in [-0.3, -0.25) is 4.90 Å². The normalized spacial score (nSPS) is 15.7. The molecule has 4 nitrogen and oxygen atoms in total. The van der Waals surface area contributed by atoms with Gasteiger partial charge in [0.15, 0.2) is 0 Å². The zero-order valence-corrected chi connectivity index (χ0v) is 15.6. The van der Waals surface area contributed by atoms with E-state index in [0.717, 1.165) is 5.75 Å².